The molecule has 0 aromatic heterocycles. The lowest BCUT2D eigenvalue weighted by molar-refractivity contribution is 0.284. The Balaban J connectivity index is 2.52. The first-order valence-electron chi connectivity index (χ1n) is 6.79. The number of nitrogens with two attached hydrogens (primary N) is 1. The average molecular weight is 267 g/mol. The number of benzene rings is 1. The van der Waals surface area contributed by atoms with E-state index in [0.717, 1.165) is 25.7 Å². The van der Waals surface area contributed by atoms with Crippen LogP contribution in [-0.2, 0) is 5.41 Å². The first kappa shape index (κ1) is 14.1. The molecule has 1 saturated carbocycles. The van der Waals surface area contributed by atoms with Crippen LogP contribution in [-0.4, -0.2) is 20.8 Å². The smallest absolute Gasteiger partial charge is 0.169 e. The van der Waals surface area contributed by atoms with Crippen molar-refractivity contribution in [1.29, 1.82) is 0 Å². The second-order valence-corrected chi connectivity index (χ2v) is 5.24. The van der Waals surface area contributed by atoms with Crippen LogP contribution in [0.4, 0.5) is 4.39 Å². The van der Waals surface area contributed by atoms with E-state index in [1.807, 2.05) is 0 Å². The number of hydrogen-bond donors (Lipinski definition) is 1. The highest BCUT2D eigenvalue weighted by Gasteiger charge is 2.36. The summed E-state index contributed by atoms with van der Waals surface area (Å²) >= 11 is 0. The molecule has 0 unspecified atom stereocenters. The monoisotopic (exact) mass is 267 g/mol. The number of rotatable bonds is 4. The van der Waals surface area contributed by atoms with E-state index in [2.05, 4.69) is 0 Å². The maximum absolute atomic E-state index is 14.6. The molecule has 1 fully saturated rings. The molecule has 1 aromatic rings. The summed E-state index contributed by atoms with van der Waals surface area (Å²) in [5.74, 6) is 0.551. The minimum absolute atomic E-state index is 0.229. The van der Waals surface area contributed by atoms with Crippen molar-refractivity contribution in [1.82, 2.24) is 0 Å². The van der Waals surface area contributed by atoms with Crippen LogP contribution in [0, 0.1) is 5.82 Å². The van der Waals surface area contributed by atoms with Gasteiger partial charge in [-0.3, -0.25) is 0 Å². The van der Waals surface area contributed by atoms with Gasteiger partial charge in [0.15, 0.2) is 11.6 Å². The summed E-state index contributed by atoms with van der Waals surface area (Å²) in [5.41, 5.74) is 6.34. The van der Waals surface area contributed by atoms with E-state index in [-0.39, 0.29) is 17.0 Å². The fourth-order valence-electron chi connectivity index (χ4n) is 3.04. The molecule has 1 aliphatic rings. The van der Waals surface area contributed by atoms with Crippen LogP contribution < -0.4 is 15.2 Å². The fraction of sp³-hybridized carbons (Fsp3) is 0.600. The molecular weight excluding hydrogens is 245 g/mol. The fourth-order valence-corrected chi connectivity index (χ4v) is 3.04. The molecule has 0 spiro atoms. The maximum Gasteiger partial charge on any atom is 0.169 e. The molecule has 0 radical (unpaired) electrons. The van der Waals surface area contributed by atoms with Gasteiger partial charge in [0.2, 0.25) is 0 Å². The van der Waals surface area contributed by atoms with Gasteiger partial charge in [0, 0.05) is 23.6 Å². The van der Waals surface area contributed by atoms with Crippen molar-refractivity contribution < 1.29 is 13.9 Å². The molecule has 3 nitrogen and oxygen atoms in total. The van der Waals surface area contributed by atoms with Gasteiger partial charge in [0.1, 0.15) is 5.75 Å². The summed E-state index contributed by atoms with van der Waals surface area (Å²) in [6, 6.07) is 3.35. The van der Waals surface area contributed by atoms with Gasteiger partial charge < -0.3 is 15.2 Å². The molecule has 0 saturated heterocycles. The molecule has 1 aliphatic carbocycles. The Kier molecular flexibility index (Phi) is 4.30. The second-order valence-electron chi connectivity index (χ2n) is 5.24. The van der Waals surface area contributed by atoms with Gasteiger partial charge in [-0.25, -0.2) is 4.39 Å². The molecule has 2 N–H and O–H groups in total. The largest absolute Gasteiger partial charge is 0.497 e. The summed E-state index contributed by atoms with van der Waals surface area (Å²) in [5, 5.41) is 0. The first-order valence-corrected chi connectivity index (χ1v) is 6.79. The van der Waals surface area contributed by atoms with E-state index < -0.39 is 0 Å². The Labute approximate surface area is 113 Å². The molecule has 0 atom stereocenters. The van der Waals surface area contributed by atoms with E-state index >= 15 is 0 Å². The molecular formula is C15H22FNO2. The van der Waals surface area contributed by atoms with E-state index in [1.165, 1.54) is 13.5 Å². The highest BCUT2D eigenvalue weighted by atomic mass is 19.1. The van der Waals surface area contributed by atoms with Gasteiger partial charge >= 0.3 is 0 Å². The Hall–Kier alpha value is -1.29. The van der Waals surface area contributed by atoms with E-state index in [1.54, 1.807) is 19.2 Å². The Bertz CT molecular complexity index is 442. The van der Waals surface area contributed by atoms with Crippen LogP contribution in [0.2, 0.25) is 0 Å². The number of halogens is 1. The molecule has 0 bridgehead atoms. The van der Waals surface area contributed by atoms with Crippen molar-refractivity contribution in [3.05, 3.63) is 23.5 Å². The Morgan fingerprint density at radius 3 is 2.37 bits per heavy atom. The van der Waals surface area contributed by atoms with Crippen molar-refractivity contribution in [3.8, 4) is 11.5 Å². The molecule has 4 heteroatoms. The number of hydrogen-bond acceptors (Lipinski definition) is 3. The van der Waals surface area contributed by atoms with Gasteiger partial charge in [-0.15, -0.1) is 0 Å². The molecule has 2 rings (SSSR count). The minimum Gasteiger partial charge on any atom is -0.497 e. The van der Waals surface area contributed by atoms with E-state index in [4.69, 9.17) is 15.2 Å². The van der Waals surface area contributed by atoms with Gasteiger partial charge in [0.05, 0.1) is 14.2 Å². The van der Waals surface area contributed by atoms with Crippen LogP contribution in [0.1, 0.15) is 37.7 Å². The second kappa shape index (κ2) is 5.78. The third kappa shape index (κ3) is 2.54. The van der Waals surface area contributed by atoms with Crippen molar-refractivity contribution in [2.75, 3.05) is 20.8 Å². The van der Waals surface area contributed by atoms with Crippen molar-refractivity contribution >= 4 is 0 Å². The topological polar surface area (TPSA) is 44.5 Å². The summed E-state index contributed by atoms with van der Waals surface area (Å²) in [7, 11) is 3.05. The van der Waals surface area contributed by atoms with Crippen LogP contribution in [0.25, 0.3) is 0 Å². The molecule has 1 aromatic carbocycles. The predicted molar refractivity (Wildman–Crippen MR) is 73.3 cm³/mol. The molecule has 106 valence electrons. The van der Waals surface area contributed by atoms with Gasteiger partial charge in [-0.2, -0.15) is 0 Å². The standard InChI is InChI=1S/C15H22FNO2/c1-18-11-8-12(14(16)13(9-11)19-2)15(10-17)6-4-3-5-7-15/h8-9H,3-7,10,17H2,1-2H3. The lowest BCUT2D eigenvalue weighted by Crippen LogP contribution is -2.38. The predicted octanol–water partition coefficient (Wildman–Crippen LogP) is 3.00. The lowest BCUT2D eigenvalue weighted by atomic mass is 9.69. The summed E-state index contributed by atoms with van der Waals surface area (Å²) in [6.07, 6.45) is 5.24. The van der Waals surface area contributed by atoms with Crippen LogP contribution in [0.5, 0.6) is 11.5 Å². The molecule has 0 aliphatic heterocycles. The zero-order chi connectivity index (χ0) is 13.9. The lowest BCUT2D eigenvalue weighted by Gasteiger charge is -2.37. The Morgan fingerprint density at radius 2 is 1.84 bits per heavy atom. The van der Waals surface area contributed by atoms with Crippen molar-refractivity contribution in [2.45, 2.75) is 37.5 Å². The highest BCUT2D eigenvalue weighted by molar-refractivity contribution is 5.44. The van der Waals surface area contributed by atoms with E-state index in [9.17, 15) is 4.39 Å². The minimum atomic E-state index is -0.296. The maximum atomic E-state index is 14.6. The van der Waals surface area contributed by atoms with Crippen LogP contribution in [0.15, 0.2) is 12.1 Å². The third-order valence-corrected chi connectivity index (χ3v) is 4.24. The quantitative estimate of drug-likeness (QED) is 0.912. The third-order valence-electron chi connectivity index (χ3n) is 4.24. The SMILES string of the molecule is COc1cc(OC)c(F)c(C2(CN)CCCCC2)c1. The number of methoxy groups -OCH3 is 2. The average Bonchev–Trinajstić information content (AvgIpc) is 2.48. The molecule has 19 heavy (non-hydrogen) atoms. The zero-order valence-corrected chi connectivity index (χ0v) is 11.7. The first-order chi connectivity index (χ1) is 9.16. The van der Waals surface area contributed by atoms with Crippen LogP contribution >= 0.6 is 0 Å². The van der Waals surface area contributed by atoms with Gasteiger partial charge in [0.25, 0.3) is 0 Å². The summed E-state index contributed by atoms with van der Waals surface area (Å²) < 4.78 is 24.9. The summed E-state index contributed by atoms with van der Waals surface area (Å²) in [6.45, 7) is 0.459. The summed E-state index contributed by atoms with van der Waals surface area (Å²) in [4.78, 5) is 0. The van der Waals surface area contributed by atoms with Crippen molar-refractivity contribution in [2.24, 2.45) is 5.73 Å². The molecule has 0 heterocycles. The van der Waals surface area contributed by atoms with E-state index in [0.29, 0.717) is 17.9 Å². The zero-order valence-electron chi connectivity index (χ0n) is 11.7. The Morgan fingerprint density at radius 1 is 1.16 bits per heavy atom. The number of ether oxygens (including phenoxy) is 2. The normalized spacial score (nSPS) is 18.1. The highest BCUT2D eigenvalue weighted by Crippen LogP contribution is 2.43. The van der Waals surface area contributed by atoms with Gasteiger partial charge in [-0.05, 0) is 18.9 Å². The van der Waals surface area contributed by atoms with Crippen molar-refractivity contribution in [3.63, 3.8) is 0 Å². The van der Waals surface area contributed by atoms with Gasteiger partial charge in [-0.1, -0.05) is 19.3 Å². The van der Waals surface area contributed by atoms with Crippen LogP contribution in [0.3, 0.4) is 0 Å². The molecule has 0 amide bonds.